The number of benzene rings is 6. The summed E-state index contributed by atoms with van der Waals surface area (Å²) in [4.78, 5) is 4.05. The van der Waals surface area contributed by atoms with Crippen LogP contribution in [0.25, 0.3) is 39.0 Å². The fraction of sp³-hybridized carbons (Fsp3) is 0.0769. The van der Waals surface area contributed by atoms with Crippen LogP contribution >= 0.6 is 0 Å². The van der Waals surface area contributed by atoms with Gasteiger partial charge >= 0.3 is 0 Å². The summed E-state index contributed by atoms with van der Waals surface area (Å²) in [6, 6.07) is 51.5. The summed E-state index contributed by atoms with van der Waals surface area (Å²) < 4.78 is 0. The first-order valence-electron chi connectivity index (χ1n) is 14.7. The summed E-state index contributed by atoms with van der Waals surface area (Å²) in [6.45, 7) is 4.66. The van der Waals surface area contributed by atoms with Crippen LogP contribution in [-0.4, -0.2) is 15.0 Å². The molecule has 8 rings (SSSR count). The highest BCUT2D eigenvalue weighted by molar-refractivity contribution is 5.86. The number of fused-ring (bicyclic) bond motifs is 4. The zero-order chi connectivity index (χ0) is 29.0. The highest BCUT2D eigenvalue weighted by Crippen LogP contribution is 2.50. The van der Waals surface area contributed by atoms with Gasteiger partial charge in [0.05, 0.1) is 5.69 Å². The van der Waals surface area contributed by atoms with Gasteiger partial charge in [-0.15, -0.1) is 10.2 Å². The van der Waals surface area contributed by atoms with Gasteiger partial charge in [-0.25, -0.2) is 0 Å². The number of anilines is 3. The van der Waals surface area contributed by atoms with Crippen LogP contribution in [0.15, 0.2) is 146 Å². The van der Waals surface area contributed by atoms with Gasteiger partial charge in [-0.2, -0.15) is 4.80 Å². The minimum absolute atomic E-state index is 0.0810. The molecular formula is C39H30N4. The van der Waals surface area contributed by atoms with Crippen molar-refractivity contribution in [2.75, 3.05) is 4.90 Å². The lowest BCUT2D eigenvalue weighted by atomic mass is 9.82. The molecule has 0 saturated carbocycles. The monoisotopic (exact) mass is 554 g/mol. The van der Waals surface area contributed by atoms with Crippen LogP contribution in [0.3, 0.4) is 0 Å². The van der Waals surface area contributed by atoms with E-state index < -0.39 is 0 Å². The van der Waals surface area contributed by atoms with Crippen molar-refractivity contribution < 1.29 is 0 Å². The fourth-order valence-electron chi connectivity index (χ4n) is 6.42. The molecule has 0 aliphatic heterocycles. The van der Waals surface area contributed by atoms with Gasteiger partial charge < -0.3 is 4.90 Å². The molecule has 1 aliphatic rings. The highest BCUT2D eigenvalue weighted by Gasteiger charge is 2.35. The maximum absolute atomic E-state index is 4.68. The molecule has 4 heteroatoms. The van der Waals surface area contributed by atoms with Crippen LogP contribution in [-0.2, 0) is 5.41 Å². The minimum Gasteiger partial charge on any atom is -0.310 e. The molecule has 0 atom stereocenters. The van der Waals surface area contributed by atoms with E-state index in [1.54, 1.807) is 4.80 Å². The molecule has 1 aliphatic carbocycles. The Bertz CT molecular complexity index is 2060. The number of rotatable bonds is 5. The average molecular weight is 555 g/mol. The van der Waals surface area contributed by atoms with Gasteiger partial charge in [0.2, 0.25) is 0 Å². The maximum atomic E-state index is 4.68. The Morgan fingerprint density at radius 1 is 0.488 bits per heavy atom. The third-order valence-corrected chi connectivity index (χ3v) is 8.68. The predicted molar refractivity (Wildman–Crippen MR) is 177 cm³/mol. The molecule has 0 radical (unpaired) electrons. The van der Waals surface area contributed by atoms with E-state index in [2.05, 4.69) is 150 Å². The molecular weight excluding hydrogens is 524 g/mol. The van der Waals surface area contributed by atoms with Crippen molar-refractivity contribution in [2.24, 2.45) is 0 Å². The Morgan fingerprint density at radius 2 is 1.02 bits per heavy atom. The Hall–Kier alpha value is -5.48. The van der Waals surface area contributed by atoms with Crippen molar-refractivity contribution in [3.8, 4) is 27.9 Å². The van der Waals surface area contributed by atoms with Crippen molar-refractivity contribution in [3.05, 3.63) is 157 Å². The minimum atomic E-state index is -0.0810. The Balaban J connectivity index is 1.23. The molecule has 6 aromatic carbocycles. The van der Waals surface area contributed by atoms with Gasteiger partial charge in [0.25, 0.3) is 0 Å². The van der Waals surface area contributed by atoms with Crippen LogP contribution in [0.5, 0.6) is 0 Å². The van der Waals surface area contributed by atoms with Crippen molar-refractivity contribution in [2.45, 2.75) is 19.3 Å². The van der Waals surface area contributed by atoms with E-state index in [-0.39, 0.29) is 5.41 Å². The zero-order valence-corrected chi connectivity index (χ0v) is 24.1. The Morgan fingerprint density at radius 3 is 1.72 bits per heavy atom. The second kappa shape index (κ2) is 9.81. The maximum Gasteiger partial charge on any atom is 0.113 e. The summed E-state index contributed by atoms with van der Waals surface area (Å²) in [5, 5.41) is 9.36. The van der Waals surface area contributed by atoms with Crippen LogP contribution in [0, 0.1) is 0 Å². The predicted octanol–water partition coefficient (Wildman–Crippen LogP) is 9.86. The lowest BCUT2D eigenvalue weighted by molar-refractivity contribution is 0.660. The number of aromatic nitrogens is 3. The Labute approximate surface area is 251 Å². The lowest BCUT2D eigenvalue weighted by Gasteiger charge is -2.28. The molecule has 7 aromatic rings. The molecule has 0 bridgehead atoms. The molecule has 0 N–H and O–H groups in total. The molecule has 43 heavy (non-hydrogen) atoms. The van der Waals surface area contributed by atoms with Crippen molar-refractivity contribution in [3.63, 3.8) is 0 Å². The van der Waals surface area contributed by atoms with E-state index in [1.807, 2.05) is 24.3 Å². The summed E-state index contributed by atoms with van der Waals surface area (Å²) >= 11 is 0. The molecule has 206 valence electrons. The normalized spacial score (nSPS) is 13.1. The summed E-state index contributed by atoms with van der Waals surface area (Å²) in [7, 11) is 0. The first-order chi connectivity index (χ1) is 21.1. The van der Waals surface area contributed by atoms with Crippen LogP contribution in [0.2, 0.25) is 0 Å². The van der Waals surface area contributed by atoms with Crippen LogP contribution < -0.4 is 4.90 Å². The largest absolute Gasteiger partial charge is 0.310 e. The Kier molecular flexibility index (Phi) is 5.76. The molecule has 0 amide bonds. The average Bonchev–Trinajstić information content (AvgIpc) is 3.59. The highest BCUT2D eigenvalue weighted by atomic mass is 15.5. The summed E-state index contributed by atoms with van der Waals surface area (Å²) in [5.41, 5.74) is 13.7. The van der Waals surface area contributed by atoms with E-state index in [0.717, 1.165) is 33.8 Å². The van der Waals surface area contributed by atoms with E-state index in [9.17, 15) is 0 Å². The van der Waals surface area contributed by atoms with Crippen LogP contribution in [0.4, 0.5) is 17.1 Å². The first kappa shape index (κ1) is 25.2. The van der Waals surface area contributed by atoms with Gasteiger partial charge in [0.15, 0.2) is 0 Å². The van der Waals surface area contributed by atoms with E-state index in [0.29, 0.717) is 0 Å². The number of hydrogen-bond acceptors (Lipinski definition) is 3. The number of hydrogen-bond donors (Lipinski definition) is 0. The standard InChI is InChI=1S/C39H30N4/c1-39(2)35-13-7-6-12-33(35)34-25-24-32(26-36(34)39)42(29-18-16-28(17-19-29)27-10-4-3-5-11-27)30-20-22-31(23-21-30)43-40-37-14-8-9-15-38(37)41-43/h3-26H,1-2H3. The lowest BCUT2D eigenvalue weighted by Crippen LogP contribution is -2.16. The third kappa shape index (κ3) is 4.22. The quantitative estimate of drug-likeness (QED) is 0.212. The molecule has 0 spiro atoms. The van der Waals surface area contributed by atoms with E-state index in [1.165, 1.54) is 33.4 Å². The SMILES string of the molecule is CC1(C)c2ccccc2-c2ccc(N(c3ccc(-c4ccccc4)cc3)c3ccc(-n4nc5ccccc5n4)cc3)cc21. The number of nitrogens with zero attached hydrogens (tertiary/aromatic N) is 4. The molecule has 4 nitrogen and oxygen atoms in total. The molecule has 1 heterocycles. The van der Waals surface area contributed by atoms with Gasteiger partial charge in [-0.05, 0) is 94.0 Å². The smallest absolute Gasteiger partial charge is 0.113 e. The van der Waals surface area contributed by atoms with E-state index in [4.69, 9.17) is 0 Å². The molecule has 0 saturated heterocycles. The first-order valence-corrected chi connectivity index (χ1v) is 14.7. The zero-order valence-electron chi connectivity index (χ0n) is 24.1. The van der Waals surface area contributed by atoms with Crippen molar-refractivity contribution >= 4 is 28.1 Å². The van der Waals surface area contributed by atoms with Gasteiger partial charge in [-0.3, -0.25) is 0 Å². The van der Waals surface area contributed by atoms with Crippen molar-refractivity contribution in [1.29, 1.82) is 0 Å². The van der Waals surface area contributed by atoms with Gasteiger partial charge in [-0.1, -0.05) is 98.8 Å². The molecule has 0 unspecified atom stereocenters. The van der Waals surface area contributed by atoms with Crippen molar-refractivity contribution in [1.82, 2.24) is 15.0 Å². The third-order valence-electron chi connectivity index (χ3n) is 8.68. The molecule has 1 aromatic heterocycles. The van der Waals surface area contributed by atoms with E-state index >= 15 is 0 Å². The van der Waals surface area contributed by atoms with Gasteiger partial charge in [0.1, 0.15) is 11.0 Å². The molecule has 0 fully saturated rings. The van der Waals surface area contributed by atoms with Gasteiger partial charge in [0, 0.05) is 22.5 Å². The second-order valence-electron chi connectivity index (χ2n) is 11.6. The fourth-order valence-corrected chi connectivity index (χ4v) is 6.42. The topological polar surface area (TPSA) is 34.0 Å². The second-order valence-corrected chi connectivity index (χ2v) is 11.6. The van der Waals surface area contributed by atoms with Crippen LogP contribution in [0.1, 0.15) is 25.0 Å². The summed E-state index contributed by atoms with van der Waals surface area (Å²) in [5.74, 6) is 0. The summed E-state index contributed by atoms with van der Waals surface area (Å²) in [6.07, 6.45) is 0.